The normalized spacial score (nSPS) is 15.1. The topological polar surface area (TPSA) is 122 Å². The van der Waals surface area contributed by atoms with E-state index in [1.807, 2.05) is 0 Å². The Kier molecular flexibility index (Phi) is 6.87. The van der Waals surface area contributed by atoms with Crippen LogP contribution in [0.2, 0.25) is 5.02 Å². The van der Waals surface area contributed by atoms with Crippen LogP contribution in [-0.4, -0.2) is 40.1 Å². The number of rotatable bonds is 7. The van der Waals surface area contributed by atoms with Crippen molar-refractivity contribution >= 4 is 29.0 Å². The number of halogens is 4. The molecule has 2 aromatic rings. The molecule has 1 unspecified atom stereocenters. The van der Waals surface area contributed by atoms with E-state index in [4.69, 9.17) is 17.0 Å². The van der Waals surface area contributed by atoms with Gasteiger partial charge in [0.2, 0.25) is 0 Å². The number of aromatic amines is 1. The Morgan fingerprint density at radius 1 is 1.38 bits per heavy atom. The maximum absolute atomic E-state index is 13.4. The summed E-state index contributed by atoms with van der Waals surface area (Å²) in [5, 5.41) is 26.1. The Hall–Kier alpha value is -3.34. The quantitative estimate of drug-likeness (QED) is 0.461. The van der Waals surface area contributed by atoms with Crippen LogP contribution < -0.4 is 15.8 Å². The molecule has 8 nitrogen and oxygen atoms in total. The summed E-state index contributed by atoms with van der Waals surface area (Å²) in [6.07, 6.45) is -1.37. The van der Waals surface area contributed by atoms with Gasteiger partial charge in [-0.3, -0.25) is 10.2 Å². The summed E-state index contributed by atoms with van der Waals surface area (Å²) < 4.78 is 40.2. The molecule has 4 N–H and O–H groups in total. The van der Waals surface area contributed by atoms with Crippen LogP contribution >= 0.6 is 11.6 Å². The molecule has 0 radical (unpaired) electrons. The molecule has 1 aliphatic rings. The van der Waals surface area contributed by atoms with Gasteiger partial charge in [0, 0.05) is 42.4 Å². The van der Waals surface area contributed by atoms with Crippen molar-refractivity contribution in [3.05, 3.63) is 68.0 Å². The van der Waals surface area contributed by atoms with Crippen LogP contribution in [0.1, 0.15) is 36.9 Å². The Bertz CT molecular complexity index is 1150. The lowest BCUT2D eigenvalue weighted by Gasteiger charge is -2.34. The van der Waals surface area contributed by atoms with E-state index < -0.39 is 41.1 Å². The molecule has 0 saturated carbocycles. The van der Waals surface area contributed by atoms with Gasteiger partial charge in [0.1, 0.15) is 16.6 Å². The van der Waals surface area contributed by atoms with Gasteiger partial charge in [0.05, 0.1) is 11.9 Å². The van der Waals surface area contributed by atoms with E-state index in [0.29, 0.717) is 12.2 Å². The molecule has 1 aromatic carbocycles. The largest absolute Gasteiger partial charge is 0.477 e. The second-order valence-electron chi connectivity index (χ2n) is 7.15. The number of carboxylic acids is 1. The second-order valence-corrected chi connectivity index (χ2v) is 7.53. The van der Waals surface area contributed by atoms with Crippen LogP contribution in [0.15, 0.2) is 40.5 Å². The average molecular weight is 470 g/mol. The summed E-state index contributed by atoms with van der Waals surface area (Å²) in [6, 6.07) is 2.35. The molecule has 1 aromatic heterocycles. The highest BCUT2D eigenvalue weighted by molar-refractivity contribution is 6.41. The third-order valence-corrected chi connectivity index (χ3v) is 5.48. The molecule has 170 valence electrons. The van der Waals surface area contributed by atoms with Crippen molar-refractivity contribution in [2.75, 3.05) is 18.0 Å². The van der Waals surface area contributed by atoms with Gasteiger partial charge in [-0.15, -0.1) is 0 Å². The Morgan fingerprint density at radius 3 is 2.75 bits per heavy atom. The number of H-pyrrole nitrogens is 1. The SMILES string of the molecule is CC(NC1=C(C(=N)C(=O)O)CN(c2cn[nH]c(=O)c2Cl)CC1)c1ccc(F)cc1C(F)F. The predicted molar refractivity (Wildman–Crippen MR) is 112 cm³/mol. The minimum atomic E-state index is -2.90. The third kappa shape index (κ3) is 4.77. The average Bonchev–Trinajstić information content (AvgIpc) is 2.75. The highest BCUT2D eigenvalue weighted by atomic mass is 35.5. The maximum atomic E-state index is 13.4. The standard InChI is InChI=1S/C20H19ClF3N5O3/c1-9(11-3-2-10(22)6-12(11)18(23)24)27-14-4-5-29(8-13(14)17(25)20(31)32)15-7-26-28-19(30)16(15)21/h2-3,6-7,9,18,25,27H,4-5,8H2,1H3,(H,28,30)(H,31,32). The molecule has 0 bridgehead atoms. The van der Waals surface area contributed by atoms with Gasteiger partial charge < -0.3 is 15.3 Å². The van der Waals surface area contributed by atoms with Crippen molar-refractivity contribution in [3.63, 3.8) is 0 Å². The molecule has 0 fully saturated rings. The van der Waals surface area contributed by atoms with Crippen LogP contribution in [0.4, 0.5) is 18.9 Å². The minimum Gasteiger partial charge on any atom is -0.477 e. The van der Waals surface area contributed by atoms with Crippen molar-refractivity contribution in [1.82, 2.24) is 15.5 Å². The summed E-state index contributed by atoms with van der Waals surface area (Å²) in [7, 11) is 0. The first-order valence-electron chi connectivity index (χ1n) is 9.46. The lowest BCUT2D eigenvalue weighted by atomic mass is 9.97. The Morgan fingerprint density at radius 2 is 2.09 bits per heavy atom. The number of carbonyl (C=O) groups is 1. The van der Waals surface area contributed by atoms with Crippen molar-refractivity contribution in [2.45, 2.75) is 25.8 Å². The van der Waals surface area contributed by atoms with E-state index in [1.54, 1.807) is 11.8 Å². The zero-order valence-electron chi connectivity index (χ0n) is 16.8. The number of alkyl halides is 2. The number of anilines is 1. The highest BCUT2D eigenvalue weighted by Gasteiger charge is 2.28. The van der Waals surface area contributed by atoms with Gasteiger partial charge in [0.15, 0.2) is 0 Å². The van der Waals surface area contributed by atoms with Gasteiger partial charge in [-0.1, -0.05) is 17.7 Å². The first-order chi connectivity index (χ1) is 15.1. The van der Waals surface area contributed by atoms with E-state index in [2.05, 4.69) is 15.5 Å². The van der Waals surface area contributed by atoms with Gasteiger partial charge in [-0.2, -0.15) is 5.10 Å². The number of aromatic nitrogens is 2. The summed E-state index contributed by atoms with van der Waals surface area (Å²) in [4.78, 5) is 24.9. The predicted octanol–water partition coefficient (Wildman–Crippen LogP) is 3.42. The monoisotopic (exact) mass is 469 g/mol. The minimum absolute atomic E-state index is 0.0733. The fraction of sp³-hybridized carbons (Fsp3) is 0.300. The smallest absolute Gasteiger partial charge is 0.354 e. The molecule has 3 rings (SSSR count). The van der Waals surface area contributed by atoms with Crippen molar-refractivity contribution < 1.29 is 23.1 Å². The van der Waals surface area contributed by atoms with Gasteiger partial charge in [0.25, 0.3) is 12.0 Å². The Balaban J connectivity index is 1.96. The second kappa shape index (κ2) is 9.43. The van der Waals surface area contributed by atoms with Crippen LogP contribution in [0, 0.1) is 11.2 Å². The number of hydrogen-bond donors (Lipinski definition) is 4. The summed E-state index contributed by atoms with van der Waals surface area (Å²) >= 11 is 6.05. The summed E-state index contributed by atoms with van der Waals surface area (Å²) in [6.45, 7) is 1.80. The number of aliphatic carboxylic acids is 1. The van der Waals surface area contributed by atoms with E-state index >= 15 is 0 Å². The molecule has 12 heteroatoms. The van der Waals surface area contributed by atoms with E-state index in [-0.39, 0.29) is 34.8 Å². The summed E-state index contributed by atoms with van der Waals surface area (Å²) in [5.41, 5.74) is -0.870. The number of carboxylic acid groups (broad SMARTS) is 1. The molecular formula is C20H19ClF3N5O3. The molecule has 32 heavy (non-hydrogen) atoms. The molecule has 1 atom stereocenters. The lowest BCUT2D eigenvalue weighted by Crippen LogP contribution is -2.40. The molecule has 2 heterocycles. The molecule has 0 amide bonds. The van der Waals surface area contributed by atoms with E-state index in [9.17, 15) is 27.9 Å². The van der Waals surface area contributed by atoms with Crippen LogP contribution in [0.5, 0.6) is 0 Å². The number of nitrogens with zero attached hydrogens (tertiary/aromatic N) is 2. The van der Waals surface area contributed by atoms with Crippen LogP contribution in [0.25, 0.3) is 0 Å². The highest BCUT2D eigenvalue weighted by Crippen LogP contribution is 2.31. The lowest BCUT2D eigenvalue weighted by molar-refractivity contribution is -0.129. The molecule has 0 aliphatic carbocycles. The number of hydrogen-bond acceptors (Lipinski definition) is 6. The fourth-order valence-corrected chi connectivity index (χ4v) is 3.76. The van der Waals surface area contributed by atoms with Crippen molar-refractivity contribution in [3.8, 4) is 0 Å². The van der Waals surface area contributed by atoms with Gasteiger partial charge in [-0.25, -0.2) is 23.1 Å². The molecular weight excluding hydrogens is 451 g/mol. The molecule has 0 spiro atoms. The van der Waals surface area contributed by atoms with Crippen LogP contribution in [-0.2, 0) is 4.79 Å². The third-order valence-electron chi connectivity index (χ3n) is 5.12. The molecule has 1 aliphatic heterocycles. The van der Waals surface area contributed by atoms with Crippen LogP contribution in [0.3, 0.4) is 0 Å². The van der Waals surface area contributed by atoms with E-state index in [1.165, 1.54) is 12.3 Å². The van der Waals surface area contributed by atoms with Gasteiger partial charge in [-0.05, 0) is 24.6 Å². The fourth-order valence-electron chi connectivity index (χ4n) is 3.55. The zero-order valence-corrected chi connectivity index (χ0v) is 17.5. The van der Waals surface area contributed by atoms with E-state index in [0.717, 1.165) is 12.1 Å². The maximum Gasteiger partial charge on any atom is 0.354 e. The number of nitrogens with one attached hydrogen (secondary N) is 3. The Labute approximate surface area is 185 Å². The number of benzene rings is 1. The first kappa shape index (κ1) is 23.3. The zero-order chi connectivity index (χ0) is 23.6. The van der Waals surface area contributed by atoms with Crippen molar-refractivity contribution in [1.29, 1.82) is 5.41 Å². The summed E-state index contributed by atoms with van der Waals surface area (Å²) in [5.74, 6) is -2.26. The molecule has 0 saturated heterocycles. The first-order valence-corrected chi connectivity index (χ1v) is 9.84. The van der Waals surface area contributed by atoms with Gasteiger partial charge >= 0.3 is 5.97 Å². The van der Waals surface area contributed by atoms with Crippen molar-refractivity contribution in [2.24, 2.45) is 0 Å².